The Kier molecular flexibility index (Phi) is 7.49. The van der Waals surface area contributed by atoms with Crippen LogP contribution in [0, 0.1) is 6.92 Å². The fraction of sp³-hybridized carbons (Fsp3) is 0.367. The minimum absolute atomic E-state index is 0.0186. The molecular weight excluding hydrogens is 542 g/mol. The molecule has 10 nitrogen and oxygen atoms in total. The molecule has 2 aromatic carbocycles. The van der Waals surface area contributed by atoms with Gasteiger partial charge in [0.25, 0.3) is 0 Å². The Morgan fingerprint density at radius 1 is 1.10 bits per heavy atom. The molecule has 0 saturated carbocycles. The van der Waals surface area contributed by atoms with Crippen LogP contribution in [0.1, 0.15) is 37.0 Å². The van der Waals surface area contributed by atoms with E-state index in [4.69, 9.17) is 16.0 Å². The lowest BCUT2D eigenvalue weighted by Gasteiger charge is -2.37. The number of nitrogens with one attached hydrogen (secondary N) is 1. The average Bonchev–Trinajstić information content (AvgIpc) is 3.55. The first kappa shape index (κ1) is 27.0. The van der Waals surface area contributed by atoms with Crippen LogP contribution >= 0.6 is 11.6 Å². The number of hydrogen-bond acceptors (Lipinski definition) is 6. The van der Waals surface area contributed by atoms with E-state index in [1.165, 1.54) is 0 Å². The highest BCUT2D eigenvalue weighted by atomic mass is 35.5. The monoisotopic (exact) mass is 573 g/mol. The zero-order valence-electron chi connectivity index (χ0n) is 23.1. The van der Waals surface area contributed by atoms with Gasteiger partial charge in [0.2, 0.25) is 17.7 Å². The predicted molar refractivity (Wildman–Crippen MR) is 156 cm³/mol. The number of carbonyl (C=O) groups excluding carboxylic acids is 2. The van der Waals surface area contributed by atoms with Crippen molar-refractivity contribution in [1.29, 1.82) is 0 Å². The summed E-state index contributed by atoms with van der Waals surface area (Å²) in [6.07, 6.45) is 4.27. The smallest absolute Gasteiger partial charge is 0.322 e. The number of anilines is 1. The number of rotatable bonds is 6. The predicted octanol–water partition coefficient (Wildman–Crippen LogP) is 5.21. The van der Waals surface area contributed by atoms with Crippen molar-refractivity contribution in [2.45, 2.75) is 52.1 Å². The van der Waals surface area contributed by atoms with Crippen molar-refractivity contribution in [3.8, 4) is 22.7 Å². The molecule has 6 rings (SSSR count). The van der Waals surface area contributed by atoms with Crippen molar-refractivity contribution in [2.24, 2.45) is 0 Å². The third kappa shape index (κ3) is 5.69. The van der Waals surface area contributed by atoms with Gasteiger partial charge >= 0.3 is 6.03 Å². The van der Waals surface area contributed by atoms with Crippen molar-refractivity contribution in [1.82, 2.24) is 29.5 Å². The van der Waals surface area contributed by atoms with Crippen LogP contribution in [0.4, 0.5) is 10.5 Å². The second-order valence-electron chi connectivity index (χ2n) is 10.5. The molecule has 4 aromatic rings. The van der Waals surface area contributed by atoms with Crippen molar-refractivity contribution in [3.63, 3.8) is 0 Å². The maximum absolute atomic E-state index is 13.1. The Morgan fingerprint density at radius 2 is 1.88 bits per heavy atom. The number of imidazole rings is 1. The molecule has 0 unspecified atom stereocenters. The first-order chi connectivity index (χ1) is 19.9. The van der Waals surface area contributed by atoms with Crippen LogP contribution in [0.25, 0.3) is 22.7 Å². The summed E-state index contributed by atoms with van der Waals surface area (Å²) in [5.41, 5.74) is 4.35. The Hall–Kier alpha value is -4.18. The van der Waals surface area contributed by atoms with E-state index in [2.05, 4.69) is 38.1 Å². The molecule has 0 aliphatic carbocycles. The molecule has 0 atom stereocenters. The minimum Gasteiger partial charge on any atom is -0.420 e. The molecule has 41 heavy (non-hydrogen) atoms. The first-order valence-corrected chi connectivity index (χ1v) is 14.4. The van der Waals surface area contributed by atoms with Gasteiger partial charge in [-0.1, -0.05) is 29.8 Å². The van der Waals surface area contributed by atoms with Crippen molar-refractivity contribution >= 4 is 29.2 Å². The molecule has 4 heterocycles. The highest BCUT2D eigenvalue weighted by Crippen LogP contribution is 2.30. The summed E-state index contributed by atoms with van der Waals surface area (Å²) in [6, 6.07) is 13.5. The lowest BCUT2D eigenvalue weighted by molar-refractivity contribution is -0.132. The van der Waals surface area contributed by atoms with Gasteiger partial charge in [-0.3, -0.25) is 4.79 Å². The normalized spacial score (nSPS) is 15.9. The van der Waals surface area contributed by atoms with E-state index in [1.807, 2.05) is 53.3 Å². The maximum Gasteiger partial charge on any atom is 0.322 e. The van der Waals surface area contributed by atoms with Gasteiger partial charge in [-0.05, 0) is 62.9 Å². The van der Waals surface area contributed by atoms with Crippen molar-refractivity contribution < 1.29 is 14.0 Å². The quantitative estimate of drug-likeness (QED) is 0.339. The number of nitrogens with zero attached hydrogens (tertiary/aromatic N) is 6. The maximum atomic E-state index is 13.1. The zero-order chi connectivity index (χ0) is 28.5. The number of halogens is 1. The summed E-state index contributed by atoms with van der Waals surface area (Å²) in [4.78, 5) is 34.4. The van der Waals surface area contributed by atoms with Gasteiger partial charge in [0, 0.05) is 60.3 Å². The third-order valence-electron chi connectivity index (χ3n) is 7.93. The Morgan fingerprint density at radius 3 is 2.66 bits per heavy atom. The molecule has 2 aliphatic rings. The molecular formula is C30H32ClN7O3. The van der Waals surface area contributed by atoms with Crippen LogP contribution in [0.5, 0.6) is 0 Å². The van der Waals surface area contributed by atoms with Crippen LogP contribution in [0.3, 0.4) is 0 Å². The molecule has 212 valence electrons. The van der Waals surface area contributed by atoms with E-state index in [0.29, 0.717) is 36.1 Å². The standard InChI is InChI=1S/C30H32ClN7O3/c1-3-36-18-26(32-19(36)2)21-14-22(16-23(31)15-21)29-35-34-27(41-29)17-28(39)37-11-9-24(10-12-37)38-13-8-20-6-4-5-7-25(20)33-30(38)40/h4-7,14-16,18,24H,3,8-13,17H2,1-2H3,(H,33,40). The molecule has 3 amide bonds. The average molecular weight is 574 g/mol. The SMILES string of the molecule is CCn1cc(-c2cc(Cl)cc(-c3nnc(CC(=O)N4CCC(N5CCc6ccccc6NC5=O)CC4)o3)c2)nc1C. The van der Waals surface area contributed by atoms with Gasteiger partial charge in [0.05, 0.1) is 5.69 Å². The molecule has 2 aliphatic heterocycles. The van der Waals surface area contributed by atoms with Gasteiger partial charge in [-0.25, -0.2) is 9.78 Å². The van der Waals surface area contributed by atoms with E-state index in [-0.39, 0.29) is 30.3 Å². The van der Waals surface area contributed by atoms with Gasteiger partial charge in [-0.2, -0.15) is 0 Å². The molecule has 1 fully saturated rings. The number of amides is 3. The van der Waals surface area contributed by atoms with Gasteiger partial charge in [-0.15, -0.1) is 10.2 Å². The molecule has 0 bridgehead atoms. The van der Waals surface area contributed by atoms with E-state index >= 15 is 0 Å². The number of benzene rings is 2. The fourth-order valence-electron chi connectivity index (χ4n) is 5.68. The minimum atomic E-state index is -0.0730. The van der Waals surface area contributed by atoms with E-state index in [9.17, 15) is 9.59 Å². The lowest BCUT2D eigenvalue weighted by Crippen LogP contribution is -2.50. The number of aromatic nitrogens is 4. The molecule has 1 N–H and O–H groups in total. The second kappa shape index (κ2) is 11.4. The summed E-state index contributed by atoms with van der Waals surface area (Å²) >= 11 is 6.42. The largest absolute Gasteiger partial charge is 0.420 e. The number of hydrogen-bond donors (Lipinski definition) is 1. The lowest BCUT2D eigenvalue weighted by atomic mass is 10.0. The highest BCUT2D eigenvalue weighted by molar-refractivity contribution is 6.31. The van der Waals surface area contributed by atoms with Crippen LogP contribution in [-0.2, 0) is 24.2 Å². The highest BCUT2D eigenvalue weighted by Gasteiger charge is 2.31. The summed E-state index contributed by atoms with van der Waals surface area (Å²) < 4.78 is 7.95. The molecule has 2 aromatic heterocycles. The van der Waals surface area contributed by atoms with Gasteiger partial charge < -0.3 is 24.1 Å². The first-order valence-electron chi connectivity index (χ1n) is 14.0. The number of fused-ring (bicyclic) bond motifs is 1. The molecule has 0 spiro atoms. The van der Waals surface area contributed by atoms with Gasteiger partial charge in [0.1, 0.15) is 12.2 Å². The van der Waals surface area contributed by atoms with Crippen LogP contribution in [0.2, 0.25) is 5.02 Å². The number of para-hydroxylation sites is 1. The second-order valence-corrected chi connectivity index (χ2v) is 10.9. The van der Waals surface area contributed by atoms with Crippen molar-refractivity contribution in [3.05, 3.63) is 71.0 Å². The summed E-state index contributed by atoms with van der Waals surface area (Å²) in [5, 5.41) is 11.9. The number of piperidine rings is 1. The van der Waals surface area contributed by atoms with Gasteiger partial charge in [0.15, 0.2) is 0 Å². The molecule has 1 saturated heterocycles. The Balaban J connectivity index is 1.07. The molecule has 11 heteroatoms. The summed E-state index contributed by atoms with van der Waals surface area (Å²) in [6.45, 7) is 6.67. The van der Waals surface area contributed by atoms with E-state index in [0.717, 1.165) is 54.1 Å². The van der Waals surface area contributed by atoms with E-state index < -0.39 is 0 Å². The number of carbonyl (C=O) groups is 2. The fourth-order valence-corrected chi connectivity index (χ4v) is 5.91. The number of aryl methyl sites for hydroxylation is 2. The summed E-state index contributed by atoms with van der Waals surface area (Å²) in [5.74, 6) is 1.41. The van der Waals surface area contributed by atoms with Crippen LogP contribution in [0.15, 0.2) is 53.1 Å². The van der Waals surface area contributed by atoms with Crippen LogP contribution < -0.4 is 5.32 Å². The zero-order valence-corrected chi connectivity index (χ0v) is 23.9. The summed E-state index contributed by atoms with van der Waals surface area (Å²) in [7, 11) is 0. The Labute approximate surface area is 243 Å². The van der Waals surface area contributed by atoms with Crippen molar-refractivity contribution in [2.75, 3.05) is 25.0 Å². The number of urea groups is 1. The van der Waals surface area contributed by atoms with Crippen LogP contribution in [-0.4, -0.2) is 67.2 Å². The Bertz CT molecular complexity index is 1590. The third-order valence-corrected chi connectivity index (χ3v) is 8.14. The van der Waals surface area contributed by atoms with E-state index in [1.54, 1.807) is 6.07 Å². The topological polar surface area (TPSA) is 109 Å². The molecule has 0 radical (unpaired) electrons. The number of likely N-dealkylation sites (tertiary alicyclic amines) is 1.